The first-order chi connectivity index (χ1) is 20.0. The molecule has 2 heterocycles. The molecule has 2 aromatic heterocycles. The van der Waals surface area contributed by atoms with E-state index in [0.717, 1.165) is 48.8 Å². The molecule has 10 nitrogen and oxygen atoms in total. The quantitative estimate of drug-likeness (QED) is 0.207. The minimum absolute atomic E-state index is 0.218. The number of ether oxygens (including phenoxy) is 2. The van der Waals surface area contributed by atoms with Gasteiger partial charge in [0.2, 0.25) is 0 Å². The zero-order chi connectivity index (χ0) is 30.5. The highest BCUT2D eigenvalue weighted by atomic mass is 16.6. The van der Waals surface area contributed by atoms with Gasteiger partial charge in [-0.15, -0.1) is 0 Å². The number of unbranched alkanes of at least 4 members (excludes halogenated alkanes) is 3. The van der Waals surface area contributed by atoms with E-state index in [4.69, 9.17) is 9.47 Å². The van der Waals surface area contributed by atoms with Gasteiger partial charge < -0.3 is 24.7 Å². The van der Waals surface area contributed by atoms with Crippen molar-refractivity contribution in [3.05, 3.63) is 82.5 Å². The SMILES string of the molecule is CCOC(=O)Cn1cc(NC(=O)c2cccc(-c3cncc(CCCCCCNC(=O)OC(C)(C)C)c3)c2)ccc1=O. The molecule has 0 aliphatic heterocycles. The van der Waals surface area contributed by atoms with Crippen LogP contribution >= 0.6 is 0 Å². The van der Waals surface area contributed by atoms with Crippen molar-refractivity contribution in [2.75, 3.05) is 18.5 Å². The van der Waals surface area contributed by atoms with Gasteiger partial charge in [-0.1, -0.05) is 25.0 Å². The summed E-state index contributed by atoms with van der Waals surface area (Å²) in [5.74, 6) is -0.873. The third-order valence-corrected chi connectivity index (χ3v) is 6.16. The largest absolute Gasteiger partial charge is 0.465 e. The van der Waals surface area contributed by atoms with E-state index in [0.29, 0.717) is 17.8 Å². The fourth-order valence-corrected chi connectivity index (χ4v) is 4.21. The lowest BCUT2D eigenvalue weighted by molar-refractivity contribution is -0.143. The van der Waals surface area contributed by atoms with Crippen molar-refractivity contribution in [2.24, 2.45) is 0 Å². The van der Waals surface area contributed by atoms with Gasteiger partial charge in [0.15, 0.2) is 0 Å². The molecule has 0 saturated carbocycles. The van der Waals surface area contributed by atoms with Gasteiger partial charge in [-0.25, -0.2) is 4.79 Å². The first kappa shape index (κ1) is 32.0. The highest BCUT2D eigenvalue weighted by molar-refractivity contribution is 6.04. The van der Waals surface area contributed by atoms with Crippen molar-refractivity contribution in [2.45, 2.75) is 71.9 Å². The molecule has 0 bridgehead atoms. The van der Waals surface area contributed by atoms with Crippen LogP contribution in [0.2, 0.25) is 0 Å². The molecular formula is C32H40N4O6. The third kappa shape index (κ3) is 10.8. The predicted molar refractivity (Wildman–Crippen MR) is 161 cm³/mol. The van der Waals surface area contributed by atoms with Crippen LogP contribution < -0.4 is 16.2 Å². The van der Waals surface area contributed by atoms with Crippen LogP contribution in [0, 0.1) is 0 Å². The minimum atomic E-state index is -0.529. The molecule has 0 aliphatic rings. The summed E-state index contributed by atoms with van der Waals surface area (Å²) in [7, 11) is 0. The standard InChI is InChI=1S/C32H40N4O6/c1-5-41-29(38)22-36-21-27(14-15-28(36)37)35-30(39)25-13-10-12-24(18-25)26-17-23(19-33-20-26)11-8-6-7-9-16-34-31(40)42-32(2,3)4/h10,12-15,17-21H,5-9,11,16,22H2,1-4H3,(H,34,40)(H,35,39). The van der Waals surface area contributed by atoms with E-state index in [1.165, 1.54) is 22.9 Å². The van der Waals surface area contributed by atoms with Crippen LogP contribution in [0.3, 0.4) is 0 Å². The van der Waals surface area contributed by atoms with E-state index >= 15 is 0 Å². The predicted octanol–water partition coefficient (Wildman–Crippen LogP) is 5.35. The number of anilines is 1. The number of aryl methyl sites for hydroxylation is 1. The maximum atomic E-state index is 13.0. The van der Waals surface area contributed by atoms with Gasteiger partial charge in [0.25, 0.3) is 11.5 Å². The molecule has 0 saturated heterocycles. The van der Waals surface area contributed by atoms with Gasteiger partial charge in [-0.3, -0.25) is 19.4 Å². The molecule has 2 N–H and O–H groups in total. The number of nitrogens with one attached hydrogen (secondary N) is 2. The van der Waals surface area contributed by atoms with Crippen LogP contribution in [0.25, 0.3) is 11.1 Å². The zero-order valence-electron chi connectivity index (χ0n) is 24.8. The number of esters is 1. The molecule has 3 rings (SSSR count). The zero-order valence-corrected chi connectivity index (χ0v) is 24.8. The molecule has 3 aromatic rings. The molecule has 0 aliphatic carbocycles. The van der Waals surface area contributed by atoms with Crippen LogP contribution in [0.4, 0.5) is 10.5 Å². The van der Waals surface area contributed by atoms with Crippen LogP contribution in [-0.2, 0) is 27.2 Å². The maximum absolute atomic E-state index is 13.0. The third-order valence-electron chi connectivity index (χ3n) is 6.16. The molecular weight excluding hydrogens is 536 g/mol. The number of carbonyl (C=O) groups is 3. The van der Waals surface area contributed by atoms with Gasteiger partial charge in [-0.05, 0) is 82.3 Å². The summed E-state index contributed by atoms with van der Waals surface area (Å²) in [5, 5.41) is 5.57. The average Bonchev–Trinajstić information content (AvgIpc) is 2.93. The first-order valence-corrected chi connectivity index (χ1v) is 14.2. The van der Waals surface area contributed by atoms with Gasteiger partial charge >= 0.3 is 12.1 Å². The highest BCUT2D eigenvalue weighted by Gasteiger charge is 2.15. The Balaban J connectivity index is 1.53. The first-order valence-electron chi connectivity index (χ1n) is 14.2. The summed E-state index contributed by atoms with van der Waals surface area (Å²) < 4.78 is 11.3. The number of carbonyl (C=O) groups excluding carboxylic acids is 3. The van der Waals surface area contributed by atoms with Crippen LogP contribution in [0.1, 0.15) is 69.3 Å². The Morgan fingerprint density at radius 3 is 2.50 bits per heavy atom. The van der Waals surface area contributed by atoms with Crippen molar-refractivity contribution in [1.29, 1.82) is 0 Å². The normalized spacial score (nSPS) is 11.0. The Morgan fingerprint density at radius 1 is 0.952 bits per heavy atom. The number of alkyl carbamates (subject to hydrolysis) is 1. The molecule has 1 aromatic carbocycles. The summed E-state index contributed by atoms with van der Waals surface area (Å²) in [6, 6.07) is 12.1. The van der Waals surface area contributed by atoms with Gasteiger partial charge in [0.05, 0.1) is 12.3 Å². The van der Waals surface area contributed by atoms with Crippen LogP contribution in [0.5, 0.6) is 0 Å². The molecule has 224 valence electrons. The Labute approximate surface area is 246 Å². The van der Waals surface area contributed by atoms with E-state index in [-0.39, 0.29) is 30.7 Å². The van der Waals surface area contributed by atoms with Crippen LogP contribution in [0.15, 0.2) is 65.8 Å². The Bertz CT molecular complexity index is 1430. The van der Waals surface area contributed by atoms with E-state index in [2.05, 4.69) is 21.7 Å². The molecule has 2 amide bonds. The minimum Gasteiger partial charge on any atom is -0.465 e. The lowest BCUT2D eigenvalue weighted by Crippen LogP contribution is -2.32. The van der Waals surface area contributed by atoms with Crippen molar-refractivity contribution in [1.82, 2.24) is 14.9 Å². The fraction of sp³-hybridized carbons (Fsp3) is 0.406. The van der Waals surface area contributed by atoms with Gasteiger partial charge in [-0.2, -0.15) is 0 Å². The summed E-state index contributed by atoms with van der Waals surface area (Å²) in [4.78, 5) is 53.0. The molecule has 0 fully saturated rings. The van der Waals surface area contributed by atoms with Crippen molar-refractivity contribution in [3.63, 3.8) is 0 Å². The number of benzene rings is 1. The monoisotopic (exact) mass is 576 g/mol. The van der Waals surface area contributed by atoms with E-state index in [9.17, 15) is 19.2 Å². The Morgan fingerprint density at radius 2 is 1.74 bits per heavy atom. The molecule has 0 spiro atoms. The number of aromatic nitrogens is 2. The Hall–Kier alpha value is -4.47. The summed E-state index contributed by atoms with van der Waals surface area (Å²) in [5.41, 5.74) is 2.84. The summed E-state index contributed by atoms with van der Waals surface area (Å²) in [6.07, 6.45) is 9.46. The summed E-state index contributed by atoms with van der Waals surface area (Å²) in [6.45, 7) is 7.79. The lowest BCUT2D eigenvalue weighted by atomic mass is 10.0. The van der Waals surface area contributed by atoms with Crippen molar-refractivity contribution in [3.8, 4) is 11.1 Å². The second-order valence-electron chi connectivity index (χ2n) is 10.9. The number of rotatable bonds is 13. The van der Waals surface area contributed by atoms with Crippen LogP contribution in [-0.4, -0.2) is 46.3 Å². The number of amides is 2. The molecule has 0 atom stereocenters. The topological polar surface area (TPSA) is 129 Å². The van der Waals surface area contributed by atoms with E-state index in [1.54, 1.807) is 25.3 Å². The van der Waals surface area contributed by atoms with Gasteiger partial charge in [0, 0.05) is 42.3 Å². The van der Waals surface area contributed by atoms with Crippen molar-refractivity contribution < 1.29 is 23.9 Å². The second-order valence-corrected chi connectivity index (χ2v) is 10.9. The summed E-state index contributed by atoms with van der Waals surface area (Å²) >= 11 is 0. The maximum Gasteiger partial charge on any atom is 0.407 e. The lowest BCUT2D eigenvalue weighted by Gasteiger charge is -2.19. The molecule has 0 unspecified atom stereocenters. The number of hydrogen-bond acceptors (Lipinski definition) is 7. The number of hydrogen-bond donors (Lipinski definition) is 2. The highest BCUT2D eigenvalue weighted by Crippen LogP contribution is 2.22. The van der Waals surface area contributed by atoms with E-state index in [1.807, 2.05) is 39.1 Å². The van der Waals surface area contributed by atoms with E-state index < -0.39 is 11.6 Å². The smallest absolute Gasteiger partial charge is 0.407 e. The second kappa shape index (κ2) is 15.5. The molecule has 0 radical (unpaired) electrons. The number of nitrogens with zero attached hydrogens (tertiary/aromatic N) is 2. The molecule has 10 heteroatoms. The number of pyridine rings is 2. The fourth-order valence-electron chi connectivity index (χ4n) is 4.21. The average molecular weight is 577 g/mol. The van der Waals surface area contributed by atoms with Crippen molar-refractivity contribution >= 4 is 23.7 Å². The molecule has 42 heavy (non-hydrogen) atoms. The Kier molecular flexibility index (Phi) is 11.8. The van der Waals surface area contributed by atoms with Gasteiger partial charge in [0.1, 0.15) is 12.1 Å².